The normalized spacial score (nSPS) is 14.8. The number of nitriles is 1. The van der Waals surface area contributed by atoms with Crippen LogP contribution < -0.4 is 0 Å². The number of hydrogen-bond acceptors (Lipinski definition) is 6. The fourth-order valence-corrected chi connectivity index (χ4v) is 5.04. The number of piperazine rings is 1. The summed E-state index contributed by atoms with van der Waals surface area (Å²) < 4.78 is 0.719. The Bertz CT molecular complexity index is 1010. The van der Waals surface area contributed by atoms with Crippen LogP contribution in [0.2, 0.25) is 4.34 Å². The first-order chi connectivity index (χ1) is 13.6. The Balaban J connectivity index is 1.34. The maximum Gasteiger partial charge on any atom is 0.273 e. The van der Waals surface area contributed by atoms with Gasteiger partial charge in [0.15, 0.2) is 0 Å². The van der Waals surface area contributed by atoms with Gasteiger partial charge in [-0.05, 0) is 29.8 Å². The van der Waals surface area contributed by atoms with E-state index in [1.807, 2.05) is 46.7 Å². The molecule has 1 aliphatic rings. The van der Waals surface area contributed by atoms with Gasteiger partial charge in [-0.15, -0.1) is 22.7 Å². The molecule has 3 aromatic rings. The van der Waals surface area contributed by atoms with E-state index in [9.17, 15) is 4.79 Å². The summed E-state index contributed by atoms with van der Waals surface area (Å²) in [7, 11) is 0. The van der Waals surface area contributed by atoms with Crippen molar-refractivity contribution in [2.75, 3.05) is 26.2 Å². The van der Waals surface area contributed by atoms with Crippen LogP contribution in [0.4, 0.5) is 0 Å². The van der Waals surface area contributed by atoms with E-state index in [4.69, 9.17) is 16.9 Å². The number of aromatic nitrogens is 1. The van der Waals surface area contributed by atoms with Crippen molar-refractivity contribution < 1.29 is 4.79 Å². The highest BCUT2D eigenvalue weighted by Gasteiger charge is 2.24. The SMILES string of the molecule is N#Cc1ccc(CN2CCN(C(=O)c3csc(-c4ccc(Cl)s4)n3)CC2)cc1. The van der Waals surface area contributed by atoms with Crippen molar-refractivity contribution in [3.63, 3.8) is 0 Å². The van der Waals surface area contributed by atoms with Gasteiger partial charge in [0.1, 0.15) is 10.7 Å². The predicted molar refractivity (Wildman–Crippen MR) is 113 cm³/mol. The molecule has 0 atom stereocenters. The predicted octanol–water partition coefficient (Wildman–Crippen LogP) is 4.35. The largest absolute Gasteiger partial charge is 0.335 e. The van der Waals surface area contributed by atoms with Gasteiger partial charge in [0, 0.05) is 38.1 Å². The Kier molecular flexibility index (Phi) is 5.74. The van der Waals surface area contributed by atoms with E-state index >= 15 is 0 Å². The molecule has 0 aliphatic carbocycles. The molecule has 2 aromatic heterocycles. The second-order valence-electron chi connectivity index (χ2n) is 6.52. The number of thiophene rings is 1. The lowest BCUT2D eigenvalue weighted by molar-refractivity contribution is 0.0623. The smallest absolute Gasteiger partial charge is 0.273 e. The van der Waals surface area contributed by atoms with Crippen molar-refractivity contribution in [1.29, 1.82) is 5.26 Å². The molecule has 1 amide bonds. The molecule has 1 aliphatic heterocycles. The molecule has 1 fully saturated rings. The topological polar surface area (TPSA) is 60.2 Å². The molecule has 0 spiro atoms. The molecule has 28 heavy (non-hydrogen) atoms. The van der Waals surface area contributed by atoms with Crippen LogP contribution in [0, 0.1) is 11.3 Å². The van der Waals surface area contributed by atoms with Gasteiger partial charge in [0.05, 0.1) is 20.8 Å². The standard InChI is InChI=1S/C20H17ClN4OS2/c21-18-6-5-17(28-18)19-23-16(13-27-19)20(26)25-9-7-24(8-10-25)12-15-3-1-14(11-22)2-4-15/h1-6,13H,7-10,12H2. The minimum atomic E-state index is -0.0109. The van der Waals surface area contributed by atoms with E-state index in [0.29, 0.717) is 24.3 Å². The Labute approximate surface area is 176 Å². The fraction of sp³-hybridized carbons (Fsp3) is 0.250. The number of carbonyl (C=O) groups excluding carboxylic acids is 1. The van der Waals surface area contributed by atoms with Gasteiger partial charge in [-0.3, -0.25) is 9.69 Å². The van der Waals surface area contributed by atoms with Gasteiger partial charge in [0.25, 0.3) is 5.91 Å². The van der Waals surface area contributed by atoms with E-state index in [0.717, 1.165) is 33.9 Å². The maximum absolute atomic E-state index is 12.8. The Morgan fingerprint density at radius 1 is 1.14 bits per heavy atom. The Hall–Kier alpha value is -2.24. The number of carbonyl (C=O) groups is 1. The highest BCUT2D eigenvalue weighted by atomic mass is 35.5. The number of rotatable bonds is 4. The third-order valence-corrected chi connectivity index (χ3v) is 6.90. The third-order valence-electron chi connectivity index (χ3n) is 4.66. The van der Waals surface area contributed by atoms with Crippen molar-refractivity contribution >= 4 is 40.2 Å². The minimum absolute atomic E-state index is 0.0109. The van der Waals surface area contributed by atoms with Crippen molar-refractivity contribution in [3.05, 3.63) is 62.9 Å². The number of benzene rings is 1. The van der Waals surface area contributed by atoms with Crippen molar-refractivity contribution in [2.24, 2.45) is 0 Å². The molecule has 0 bridgehead atoms. The average Bonchev–Trinajstić information content (AvgIpc) is 3.38. The summed E-state index contributed by atoms with van der Waals surface area (Å²) in [5.74, 6) is -0.0109. The highest BCUT2D eigenvalue weighted by Crippen LogP contribution is 2.33. The van der Waals surface area contributed by atoms with Crippen LogP contribution >= 0.6 is 34.3 Å². The quantitative estimate of drug-likeness (QED) is 0.619. The average molecular weight is 429 g/mol. The van der Waals surface area contributed by atoms with E-state index in [2.05, 4.69) is 16.0 Å². The van der Waals surface area contributed by atoms with Crippen LogP contribution in [0.5, 0.6) is 0 Å². The number of hydrogen-bond donors (Lipinski definition) is 0. The van der Waals surface area contributed by atoms with Crippen LogP contribution in [0.1, 0.15) is 21.6 Å². The molecular formula is C20H17ClN4OS2. The fourth-order valence-electron chi connectivity index (χ4n) is 3.13. The van der Waals surface area contributed by atoms with Gasteiger partial charge in [0.2, 0.25) is 0 Å². The zero-order valence-corrected chi connectivity index (χ0v) is 17.4. The molecule has 4 rings (SSSR count). The molecule has 0 unspecified atom stereocenters. The van der Waals surface area contributed by atoms with Crippen molar-refractivity contribution in [3.8, 4) is 16.0 Å². The summed E-state index contributed by atoms with van der Waals surface area (Å²) in [5, 5.41) is 11.5. The van der Waals surface area contributed by atoms with Gasteiger partial charge in [-0.25, -0.2) is 4.98 Å². The molecule has 1 saturated heterocycles. The van der Waals surface area contributed by atoms with Crippen molar-refractivity contribution in [1.82, 2.24) is 14.8 Å². The van der Waals surface area contributed by atoms with Crippen LogP contribution in [0.3, 0.4) is 0 Å². The molecule has 0 radical (unpaired) electrons. The molecule has 8 heteroatoms. The monoisotopic (exact) mass is 428 g/mol. The van der Waals surface area contributed by atoms with Gasteiger partial charge in [-0.2, -0.15) is 5.26 Å². The van der Waals surface area contributed by atoms with Crippen molar-refractivity contribution in [2.45, 2.75) is 6.54 Å². The minimum Gasteiger partial charge on any atom is -0.335 e. The summed E-state index contributed by atoms with van der Waals surface area (Å²) in [5.41, 5.74) is 2.36. The van der Waals surface area contributed by atoms with E-state index in [1.165, 1.54) is 28.2 Å². The number of halogens is 1. The zero-order chi connectivity index (χ0) is 19.5. The molecule has 5 nitrogen and oxygen atoms in total. The summed E-state index contributed by atoms with van der Waals surface area (Å²) >= 11 is 8.93. The van der Waals surface area contributed by atoms with E-state index < -0.39 is 0 Å². The molecule has 142 valence electrons. The second-order valence-corrected chi connectivity index (χ2v) is 9.09. The Morgan fingerprint density at radius 3 is 2.54 bits per heavy atom. The second kappa shape index (κ2) is 8.41. The summed E-state index contributed by atoms with van der Waals surface area (Å²) in [6.45, 7) is 3.85. The lowest BCUT2D eigenvalue weighted by Gasteiger charge is -2.34. The summed E-state index contributed by atoms with van der Waals surface area (Å²) in [4.78, 5) is 22.5. The lowest BCUT2D eigenvalue weighted by atomic mass is 10.1. The van der Waals surface area contributed by atoms with E-state index in [-0.39, 0.29) is 5.91 Å². The number of amides is 1. The first-order valence-electron chi connectivity index (χ1n) is 8.84. The lowest BCUT2D eigenvalue weighted by Crippen LogP contribution is -2.48. The van der Waals surface area contributed by atoms with Gasteiger partial charge >= 0.3 is 0 Å². The molecule has 3 heterocycles. The first kappa shape index (κ1) is 19.1. The van der Waals surface area contributed by atoms with Crippen LogP contribution in [0.25, 0.3) is 9.88 Å². The van der Waals surface area contributed by atoms with Gasteiger partial charge < -0.3 is 4.90 Å². The zero-order valence-electron chi connectivity index (χ0n) is 15.0. The van der Waals surface area contributed by atoms with E-state index in [1.54, 1.807) is 0 Å². The van der Waals surface area contributed by atoms with Crippen LogP contribution in [-0.4, -0.2) is 46.9 Å². The van der Waals surface area contributed by atoms with Gasteiger partial charge in [-0.1, -0.05) is 23.7 Å². The molecular weight excluding hydrogens is 412 g/mol. The van der Waals surface area contributed by atoms with Crippen LogP contribution in [0.15, 0.2) is 41.8 Å². The number of thiazole rings is 1. The first-order valence-corrected chi connectivity index (χ1v) is 10.9. The molecule has 0 N–H and O–H groups in total. The molecule has 0 saturated carbocycles. The molecule has 1 aromatic carbocycles. The maximum atomic E-state index is 12.8. The Morgan fingerprint density at radius 2 is 1.89 bits per heavy atom. The summed E-state index contributed by atoms with van der Waals surface area (Å²) in [6.07, 6.45) is 0. The van der Waals surface area contributed by atoms with Crippen LogP contribution in [-0.2, 0) is 6.54 Å². The third kappa shape index (κ3) is 4.26. The number of nitrogens with zero attached hydrogens (tertiary/aromatic N) is 4. The highest BCUT2D eigenvalue weighted by molar-refractivity contribution is 7.23. The summed E-state index contributed by atoms with van der Waals surface area (Å²) in [6, 6.07) is 13.6.